The van der Waals surface area contributed by atoms with Gasteiger partial charge in [-0.3, -0.25) is 0 Å². The zero-order valence-electron chi connectivity index (χ0n) is 9.32. The molecule has 0 radical (unpaired) electrons. The van der Waals surface area contributed by atoms with Crippen molar-refractivity contribution in [2.45, 2.75) is 24.2 Å². The van der Waals surface area contributed by atoms with Gasteiger partial charge in [0.05, 0.1) is 10.6 Å². The summed E-state index contributed by atoms with van der Waals surface area (Å²) in [6, 6.07) is 3.41. The Morgan fingerprint density at radius 1 is 1.41 bits per heavy atom. The molecule has 1 saturated carbocycles. The van der Waals surface area contributed by atoms with E-state index in [2.05, 4.69) is 4.72 Å². The topological polar surface area (TPSA) is 72.2 Å². The van der Waals surface area contributed by atoms with Gasteiger partial charge < -0.3 is 5.73 Å². The van der Waals surface area contributed by atoms with Crippen molar-refractivity contribution in [1.29, 1.82) is 0 Å². The molecule has 0 amide bonds. The summed E-state index contributed by atoms with van der Waals surface area (Å²) in [5, 5.41) is 0. The van der Waals surface area contributed by atoms with Gasteiger partial charge in [-0.05, 0) is 30.5 Å². The number of halogens is 1. The number of hydrogen-bond donors (Lipinski definition) is 2. The SMILES string of the molecule is Nc1cc(S(=O)(=O)NCCC2CC2)ccc1F. The third-order valence-corrected chi connectivity index (χ3v) is 4.28. The minimum absolute atomic E-state index is 0.00666. The van der Waals surface area contributed by atoms with Crippen molar-refractivity contribution in [2.75, 3.05) is 12.3 Å². The second-order valence-electron chi connectivity index (χ2n) is 4.31. The van der Waals surface area contributed by atoms with E-state index in [1.54, 1.807) is 0 Å². The molecule has 0 aromatic heterocycles. The quantitative estimate of drug-likeness (QED) is 0.786. The maximum Gasteiger partial charge on any atom is 0.240 e. The lowest BCUT2D eigenvalue weighted by atomic mass is 10.3. The van der Waals surface area contributed by atoms with Crippen LogP contribution in [0, 0.1) is 11.7 Å². The molecule has 3 N–H and O–H groups in total. The Morgan fingerprint density at radius 3 is 2.71 bits per heavy atom. The van der Waals surface area contributed by atoms with E-state index in [0.29, 0.717) is 12.5 Å². The molecule has 1 aliphatic carbocycles. The number of anilines is 1. The molecule has 0 bridgehead atoms. The molecule has 1 aliphatic rings. The lowest BCUT2D eigenvalue weighted by Crippen LogP contribution is -2.25. The number of benzene rings is 1. The van der Waals surface area contributed by atoms with Gasteiger partial charge >= 0.3 is 0 Å². The van der Waals surface area contributed by atoms with E-state index in [-0.39, 0.29) is 10.6 Å². The first-order valence-electron chi connectivity index (χ1n) is 5.54. The van der Waals surface area contributed by atoms with E-state index in [1.165, 1.54) is 18.9 Å². The molecule has 0 heterocycles. The Balaban J connectivity index is 2.04. The van der Waals surface area contributed by atoms with Crippen molar-refractivity contribution in [1.82, 2.24) is 4.72 Å². The highest BCUT2D eigenvalue weighted by Gasteiger charge is 2.22. The van der Waals surface area contributed by atoms with Crippen molar-refractivity contribution in [3.05, 3.63) is 24.0 Å². The number of hydrogen-bond acceptors (Lipinski definition) is 3. The molecule has 4 nitrogen and oxygen atoms in total. The molecule has 1 fully saturated rings. The van der Waals surface area contributed by atoms with Gasteiger partial charge in [0.1, 0.15) is 5.82 Å². The summed E-state index contributed by atoms with van der Waals surface area (Å²) in [6.45, 7) is 0.421. The molecule has 0 unspecified atom stereocenters. The van der Waals surface area contributed by atoms with Gasteiger partial charge in [-0.25, -0.2) is 17.5 Å². The number of sulfonamides is 1. The van der Waals surface area contributed by atoms with Gasteiger partial charge in [-0.2, -0.15) is 0 Å². The Kier molecular flexibility index (Phi) is 3.35. The molecule has 0 aliphatic heterocycles. The monoisotopic (exact) mass is 258 g/mol. The highest BCUT2D eigenvalue weighted by Crippen LogP contribution is 2.31. The van der Waals surface area contributed by atoms with E-state index < -0.39 is 15.8 Å². The normalized spacial score (nSPS) is 16.1. The summed E-state index contributed by atoms with van der Waals surface area (Å²) in [7, 11) is -3.56. The number of nitrogens with one attached hydrogen (secondary N) is 1. The van der Waals surface area contributed by atoms with Crippen LogP contribution in [0.5, 0.6) is 0 Å². The Hall–Kier alpha value is -1.14. The van der Waals surface area contributed by atoms with Gasteiger partial charge in [-0.15, -0.1) is 0 Å². The third kappa shape index (κ3) is 3.17. The van der Waals surface area contributed by atoms with E-state index in [4.69, 9.17) is 5.73 Å². The molecule has 1 aromatic carbocycles. The van der Waals surface area contributed by atoms with Crippen LogP contribution in [0.3, 0.4) is 0 Å². The van der Waals surface area contributed by atoms with Crippen LogP contribution in [-0.4, -0.2) is 15.0 Å². The molecule has 17 heavy (non-hydrogen) atoms. The van der Waals surface area contributed by atoms with E-state index in [0.717, 1.165) is 18.6 Å². The van der Waals surface area contributed by atoms with Crippen molar-refractivity contribution < 1.29 is 12.8 Å². The Labute approximate surface area is 100 Å². The van der Waals surface area contributed by atoms with Gasteiger partial charge in [-0.1, -0.05) is 12.8 Å². The lowest BCUT2D eigenvalue weighted by molar-refractivity contribution is 0.574. The maximum absolute atomic E-state index is 12.9. The van der Waals surface area contributed by atoms with Crippen LogP contribution in [0.2, 0.25) is 0 Å². The molecule has 2 rings (SSSR count). The average molecular weight is 258 g/mol. The van der Waals surface area contributed by atoms with Gasteiger partial charge in [0.25, 0.3) is 0 Å². The first-order chi connectivity index (χ1) is 7.99. The van der Waals surface area contributed by atoms with Crippen LogP contribution in [-0.2, 0) is 10.0 Å². The van der Waals surface area contributed by atoms with Crippen LogP contribution in [0.25, 0.3) is 0 Å². The fraction of sp³-hybridized carbons (Fsp3) is 0.455. The summed E-state index contributed by atoms with van der Waals surface area (Å²) in [6.07, 6.45) is 3.23. The molecular weight excluding hydrogens is 243 g/mol. The molecular formula is C11H15FN2O2S. The zero-order valence-corrected chi connectivity index (χ0v) is 10.1. The standard InChI is InChI=1S/C11H15FN2O2S/c12-10-4-3-9(7-11(10)13)17(15,16)14-6-5-8-1-2-8/h3-4,7-8,14H,1-2,5-6,13H2. The first kappa shape index (κ1) is 12.3. The highest BCUT2D eigenvalue weighted by atomic mass is 32.2. The summed E-state index contributed by atoms with van der Waals surface area (Å²) in [5.74, 6) is 0.0536. The van der Waals surface area contributed by atoms with E-state index >= 15 is 0 Å². The van der Waals surface area contributed by atoms with Crippen LogP contribution in [0.4, 0.5) is 10.1 Å². The van der Waals surface area contributed by atoms with Gasteiger partial charge in [0, 0.05) is 6.54 Å². The number of nitrogen functional groups attached to an aromatic ring is 1. The van der Waals surface area contributed by atoms with Gasteiger partial charge in [0.15, 0.2) is 0 Å². The molecule has 94 valence electrons. The molecule has 0 saturated heterocycles. The first-order valence-corrected chi connectivity index (χ1v) is 7.02. The van der Waals surface area contributed by atoms with Crippen LogP contribution in [0.1, 0.15) is 19.3 Å². The maximum atomic E-state index is 12.9. The summed E-state index contributed by atoms with van der Waals surface area (Å²) < 4.78 is 39.0. The van der Waals surface area contributed by atoms with E-state index in [1.807, 2.05) is 0 Å². The van der Waals surface area contributed by atoms with Crippen LogP contribution in [0.15, 0.2) is 23.1 Å². The largest absolute Gasteiger partial charge is 0.396 e. The minimum Gasteiger partial charge on any atom is -0.396 e. The predicted octanol–water partition coefficient (Wildman–Crippen LogP) is 1.49. The molecule has 0 spiro atoms. The second kappa shape index (κ2) is 4.62. The van der Waals surface area contributed by atoms with Crippen molar-refractivity contribution in [3.63, 3.8) is 0 Å². The number of rotatable bonds is 5. The Bertz CT molecular complexity index is 512. The fourth-order valence-electron chi connectivity index (χ4n) is 1.58. The van der Waals surface area contributed by atoms with E-state index in [9.17, 15) is 12.8 Å². The predicted molar refractivity (Wildman–Crippen MR) is 63.3 cm³/mol. The third-order valence-electron chi connectivity index (χ3n) is 2.82. The van der Waals surface area contributed by atoms with Crippen molar-refractivity contribution in [2.24, 2.45) is 5.92 Å². The smallest absolute Gasteiger partial charge is 0.240 e. The number of nitrogens with two attached hydrogens (primary N) is 1. The minimum atomic E-state index is -3.56. The molecule has 6 heteroatoms. The summed E-state index contributed by atoms with van der Waals surface area (Å²) in [4.78, 5) is 0.00666. The summed E-state index contributed by atoms with van der Waals surface area (Å²) >= 11 is 0. The van der Waals surface area contributed by atoms with Crippen molar-refractivity contribution in [3.8, 4) is 0 Å². The molecule has 1 aromatic rings. The fourth-order valence-corrected chi connectivity index (χ4v) is 2.66. The zero-order chi connectivity index (χ0) is 12.5. The van der Waals surface area contributed by atoms with Crippen LogP contribution < -0.4 is 10.5 Å². The van der Waals surface area contributed by atoms with Crippen molar-refractivity contribution >= 4 is 15.7 Å². The van der Waals surface area contributed by atoms with Crippen LogP contribution >= 0.6 is 0 Å². The van der Waals surface area contributed by atoms with Gasteiger partial charge in [0.2, 0.25) is 10.0 Å². The highest BCUT2D eigenvalue weighted by molar-refractivity contribution is 7.89. The Morgan fingerprint density at radius 2 is 2.12 bits per heavy atom. The average Bonchev–Trinajstić information content (AvgIpc) is 3.05. The molecule has 0 atom stereocenters. The summed E-state index contributed by atoms with van der Waals surface area (Å²) in [5.41, 5.74) is 5.18. The lowest BCUT2D eigenvalue weighted by Gasteiger charge is -2.07. The second-order valence-corrected chi connectivity index (χ2v) is 6.08.